The predicted octanol–water partition coefficient (Wildman–Crippen LogP) is -0.619. The summed E-state index contributed by atoms with van der Waals surface area (Å²) in [6.45, 7) is 3.75. The number of carbonyl (C=O) groups is 1. The summed E-state index contributed by atoms with van der Waals surface area (Å²) in [5, 5.41) is 37.3. The maximum Gasteiger partial charge on any atom is 0.335 e. The van der Waals surface area contributed by atoms with Gasteiger partial charge >= 0.3 is 5.97 Å². The first-order chi connectivity index (χ1) is 7.81. The van der Waals surface area contributed by atoms with Gasteiger partial charge in [0.25, 0.3) is 0 Å². The zero-order chi connectivity index (χ0) is 13.6. The van der Waals surface area contributed by atoms with Crippen LogP contribution in [0, 0.1) is 5.92 Å². The number of carboxylic acid groups (broad SMARTS) is 1. The molecule has 0 aromatic heterocycles. The molecule has 0 aliphatic rings. The molecule has 0 bridgehead atoms. The molecule has 17 heavy (non-hydrogen) atoms. The Morgan fingerprint density at radius 2 is 1.65 bits per heavy atom. The first-order valence-corrected chi connectivity index (χ1v) is 5.29. The molecule has 100 valence electrons. The van der Waals surface area contributed by atoms with Gasteiger partial charge in [-0.15, -0.1) is 0 Å². The van der Waals surface area contributed by atoms with Gasteiger partial charge < -0.3 is 25.2 Å². The third-order valence-electron chi connectivity index (χ3n) is 2.20. The van der Waals surface area contributed by atoms with Crippen molar-refractivity contribution in [1.29, 1.82) is 0 Å². The molecule has 0 spiro atoms. The molecule has 4 N–H and O–H groups in total. The number of ether oxygens (including phenoxy) is 1. The molecule has 6 nitrogen and oxygen atoms in total. The molecule has 0 radical (unpaired) electrons. The Morgan fingerprint density at radius 3 is 2.00 bits per heavy atom. The van der Waals surface area contributed by atoms with E-state index >= 15 is 0 Å². The molecule has 0 saturated carbocycles. The highest BCUT2D eigenvalue weighted by atomic mass is 16.5. The number of allylic oxidation sites excluding steroid dienone is 1. The Balaban J connectivity index is 4.57. The smallest absolute Gasteiger partial charge is 0.335 e. The van der Waals surface area contributed by atoms with Crippen LogP contribution < -0.4 is 0 Å². The number of carboxylic acids is 1. The number of hydrogen-bond acceptors (Lipinski definition) is 5. The monoisotopic (exact) mass is 248 g/mol. The highest BCUT2D eigenvalue weighted by Gasteiger charge is 2.34. The summed E-state index contributed by atoms with van der Waals surface area (Å²) in [7, 11) is 1.10. The average molecular weight is 248 g/mol. The van der Waals surface area contributed by atoms with E-state index in [4.69, 9.17) is 5.11 Å². The van der Waals surface area contributed by atoms with Crippen LogP contribution in [-0.2, 0) is 9.53 Å². The average Bonchev–Trinajstić information content (AvgIpc) is 2.24. The number of aliphatic hydroxyl groups is 3. The molecule has 0 amide bonds. The fourth-order valence-corrected chi connectivity index (χ4v) is 1.22. The molecule has 0 aliphatic heterocycles. The molecular formula is C11H20O6. The van der Waals surface area contributed by atoms with Gasteiger partial charge in [-0.2, -0.15) is 0 Å². The van der Waals surface area contributed by atoms with Gasteiger partial charge in [0.15, 0.2) is 6.10 Å². The number of methoxy groups -OCH3 is 1. The SMILES string of the molecule is COC(C(=O)O)C(O)C(O)C(O)C=CC(C)C. The van der Waals surface area contributed by atoms with Crippen LogP contribution in [0.4, 0.5) is 0 Å². The third kappa shape index (κ3) is 5.27. The zero-order valence-electron chi connectivity index (χ0n) is 10.1. The maximum absolute atomic E-state index is 10.7. The van der Waals surface area contributed by atoms with Gasteiger partial charge in [-0.25, -0.2) is 4.79 Å². The van der Waals surface area contributed by atoms with Crippen LogP contribution in [0.25, 0.3) is 0 Å². The molecule has 0 aromatic rings. The largest absolute Gasteiger partial charge is 0.479 e. The summed E-state index contributed by atoms with van der Waals surface area (Å²) in [6.07, 6.45) is -3.29. The number of rotatable bonds is 7. The molecule has 0 aromatic carbocycles. The first-order valence-electron chi connectivity index (χ1n) is 5.29. The van der Waals surface area contributed by atoms with E-state index in [0.29, 0.717) is 0 Å². The summed E-state index contributed by atoms with van der Waals surface area (Å²) in [4.78, 5) is 10.7. The topological polar surface area (TPSA) is 107 Å². The molecule has 0 saturated heterocycles. The Hall–Kier alpha value is -0.950. The lowest BCUT2D eigenvalue weighted by atomic mass is 10.0. The predicted molar refractivity (Wildman–Crippen MR) is 60.4 cm³/mol. The standard InChI is InChI=1S/C11H20O6/c1-6(2)4-5-7(12)8(13)9(14)10(17-3)11(15)16/h4-10,12-14H,1-3H3,(H,15,16). The van der Waals surface area contributed by atoms with Crippen LogP contribution in [-0.4, -0.2) is 57.9 Å². The molecule has 4 atom stereocenters. The first kappa shape index (κ1) is 16.1. The van der Waals surface area contributed by atoms with Crippen molar-refractivity contribution >= 4 is 5.97 Å². The van der Waals surface area contributed by atoms with Crippen molar-refractivity contribution in [3.8, 4) is 0 Å². The van der Waals surface area contributed by atoms with Crippen molar-refractivity contribution in [2.75, 3.05) is 7.11 Å². The second-order valence-electron chi connectivity index (χ2n) is 4.10. The lowest BCUT2D eigenvalue weighted by Gasteiger charge is -2.24. The normalized spacial score (nSPS) is 19.2. The van der Waals surface area contributed by atoms with Gasteiger partial charge in [-0.05, 0) is 5.92 Å². The van der Waals surface area contributed by atoms with E-state index in [1.807, 2.05) is 13.8 Å². The summed E-state index contributed by atoms with van der Waals surface area (Å²) < 4.78 is 4.53. The van der Waals surface area contributed by atoms with Gasteiger partial charge in [0.2, 0.25) is 0 Å². The molecule has 0 fully saturated rings. The van der Waals surface area contributed by atoms with Crippen LogP contribution in [0.3, 0.4) is 0 Å². The molecule has 4 unspecified atom stereocenters. The quantitative estimate of drug-likeness (QED) is 0.447. The van der Waals surface area contributed by atoms with Gasteiger partial charge in [0, 0.05) is 7.11 Å². The van der Waals surface area contributed by atoms with Crippen molar-refractivity contribution < 1.29 is 30.0 Å². The lowest BCUT2D eigenvalue weighted by Crippen LogP contribution is -2.48. The fraction of sp³-hybridized carbons (Fsp3) is 0.727. The third-order valence-corrected chi connectivity index (χ3v) is 2.20. The van der Waals surface area contributed by atoms with E-state index < -0.39 is 30.4 Å². The molecule has 0 heterocycles. The second-order valence-corrected chi connectivity index (χ2v) is 4.10. The second kappa shape index (κ2) is 7.39. The van der Waals surface area contributed by atoms with Crippen LogP contribution in [0.1, 0.15) is 13.8 Å². The molecule has 6 heteroatoms. The lowest BCUT2D eigenvalue weighted by molar-refractivity contribution is -0.165. The van der Waals surface area contributed by atoms with Gasteiger partial charge in [-0.1, -0.05) is 26.0 Å². The minimum Gasteiger partial charge on any atom is -0.479 e. The van der Waals surface area contributed by atoms with E-state index in [1.54, 1.807) is 6.08 Å². The van der Waals surface area contributed by atoms with Crippen LogP contribution in [0.5, 0.6) is 0 Å². The minimum atomic E-state index is -1.70. The van der Waals surface area contributed by atoms with E-state index in [0.717, 1.165) is 7.11 Å². The number of aliphatic carboxylic acids is 1. The molecule has 0 aliphatic carbocycles. The van der Waals surface area contributed by atoms with E-state index in [2.05, 4.69) is 4.74 Å². The Morgan fingerprint density at radius 1 is 1.12 bits per heavy atom. The summed E-state index contributed by atoms with van der Waals surface area (Å²) in [5.74, 6) is -1.23. The minimum absolute atomic E-state index is 0.173. The Labute approximate surface area is 100 Å². The van der Waals surface area contributed by atoms with Crippen molar-refractivity contribution in [3.05, 3.63) is 12.2 Å². The van der Waals surface area contributed by atoms with Crippen LogP contribution in [0.15, 0.2) is 12.2 Å². The zero-order valence-corrected chi connectivity index (χ0v) is 10.1. The van der Waals surface area contributed by atoms with Crippen molar-refractivity contribution in [2.45, 2.75) is 38.3 Å². The Kier molecular flexibility index (Phi) is 6.98. The van der Waals surface area contributed by atoms with E-state index in [9.17, 15) is 20.1 Å². The van der Waals surface area contributed by atoms with Crippen molar-refractivity contribution in [1.82, 2.24) is 0 Å². The highest BCUT2D eigenvalue weighted by molar-refractivity contribution is 5.73. The molecular weight excluding hydrogens is 228 g/mol. The highest BCUT2D eigenvalue weighted by Crippen LogP contribution is 2.10. The summed E-state index contributed by atoms with van der Waals surface area (Å²) in [6, 6.07) is 0. The summed E-state index contributed by atoms with van der Waals surface area (Å²) in [5.41, 5.74) is 0. The van der Waals surface area contributed by atoms with Crippen molar-refractivity contribution in [3.63, 3.8) is 0 Å². The number of hydrogen-bond donors (Lipinski definition) is 4. The van der Waals surface area contributed by atoms with E-state index in [-0.39, 0.29) is 5.92 Å². The maximum atomic E-state index is 10.7. The Bertz CT molecular complexity index is 263. The summed E-state index contributed by atoms with van der Waals surface area (Å²) >= 11 is 0. The van der Waals surface area contributed by atoms with Crippen LogP contribution in [0.2, 0.25) is 0 Å². The van der Waals surface area contributed by atoms with E-state index in [1.165, 1.54) is 6.08 Å². The number of aliphatic hydroxyl groups excluding tert-OH is 3. The van der Waals surface area contributed by atoms with Crippen molar-refractivity contribution in [2.24, 2.45) is 5.92 Å². The van der Waals surface area contributed by atoms with Gasteiger partial charge in [0.05, 0.1) is 0 Å². The van der Waals surface area contributed by atoms with Crippen LogP contribution >= 0.6 is 0 Å². The van der Waals surface area contributed by atoms with Gasteiger partial charge in [-0.3, -0.25) is 0 Å². The fourth-order valence-electron chi connectivity index (χ4n) is 1.22. The molecule has 0 rings (SSSR count). The van der Waals surface area contributed by atoms with Gasteiger partial charge in [0.1, 0.15) is 18.3 Å².